The number of halogens is 1. The molecule has 9 nitrogen and oxygen atoms in total. The van der Waals surface area contributed by atoms with Crippen LogP contribution in [-0.4, -0.2) is 35.2 Å². The van der Waals surface area contributed by atoms with Crippen LogP contribution in [-0.2, 0) is 4.74 Å². The van der Waals surface area contributed by atoms with E-state index in [1.165, 1.54) is 18.2 Å². The van der Waals surface area contributed by atoms with Gasteiger partial charge in [0.25, 0.3) is 0 Å². The van der Waals surface area contributed by atoms with Crippen molar-refractivity contribution in [3.05, 3.63) is 40.2 Å². The fourth-order valence-corrected chi connectivity index (χ4v) is 1.94. The zero-order valence-electron chi connectivity index (χ0n) is 13.0. The number of nitrogen functional groups attached to an aromatic ring is 1. The van der Waals surface area contributed by atoms with Crippen molar-refractivity contribution in [3.63, 3.8) is 0 Å². The highest BCUT2D eigenvalue weighted by atomic mass is 19.1. The Labute approximate surface area is 137 Å². The maximum atomic E-state index is 13.3. The number of ether oxygens (including phenoxy) is 1. The predicted octanol–water partition coefficient (Wildman–Crippen LogP) is 2.30. The quantitative estimate of drug-likeness (QED) is 0.380. The molecule has 4 N–H and O–H groups in total. The molecule has 0 spiro atoms. The van der Waals surface area contributed by atoms with Gasteiger partial charge in [-0.15, -0.1) is 0 Å². The third-order valence-corrected chi connectivity index (χ3v) is 2.99. The fourth-order valence-electron chi connectivity index (χ4n) is 1.94. The lowest BCUT2D eigenvalue weighted by Crippen LogP contribution is -2.12. The Bertz CT molecular complexity index is 728. The molecule has 0 saturated heterocycles. The van der Waals surface area contributed by atoms with E-state index in [2.05, 4.69) is 20.6 Å². The van der Waals surface area contributed by atoms with Gasteiger partial charge in [-0.25, -0.2) is 4.39 Å². The maximum absolute atomic E-state index is 13.3. The van der Waals surface area contributed by atoms with Crippen LogP contribution < -0.4 is 16.4 Å². The fraction of sp³-hybridized carbons (Fsp3) is 0.286. The van der Waals surface area contributed by atoms with Gasteiger partial charge in [0.1, 0.15) is 5.82 Å². The van der Waals surface area contributed by atoms with Crippen LogP contribution in [0.4, 0.5) is 33.3 Å². The van der Waals surface area contributed by atoms with Gasteiger partial charge in [-0.1, -0.05) is 6.07 Å². The molecule has 10 heteroatoms. The molecule has 128 valence electrons. The second kappa shape index (κ2) is 8.02. The zero-order chi connectivity index (χ0) is 17.5. The van der Waals surface area contributed by atoms with Gasteiger partial charge in [-0.2, -0.15) is 9.97 Å². The number of aromatic nitrogens is 2. The van der Waals surface area contributed by atoms with E-state index < -0.39 is 16.4 Å². The van der Waals surface area contributed by atoms with Gasteiger partial charge in [0.05, 0.1) is 4.92 Å². The van der Waals surface area contributed by atoms with Gasteiger partial charge in [-0.3, -0.25) is 10.1 Å². The van der Waals surface area contributed by atoms with E-state index in [1.807, 2.05) is 0 Å². The number of nitro groups is 1. The zero-order valence-corrected chi connectivity index (χ0v) is 13.0. The second-order valence-electron chi connectivity index (χ2n) is 4.80. The number of rotatable bonds is 8. The lowest BCUT2D eigenvalue weighted by Gasteiger charge is -2.10. The van der Waals surface area contributed by atoms with Crippen LogP contribution in [0.1, 0.15) is 6.42 Å². The summed E-state index contributed by atoms with van der Waals surface area (Å²) < 4.78 is 18.2. The molecule has 0 amide bonds. The molecule has 0 saturated carbocycles. The molecule has 1 aromatic heterocycles. The Morgan fingerprint density at radius 1 is 1.42 bits per heavy atom. The van der Waals surface area contributed by atoms with Crippen molar-refractivity contribution in [3.8, 4) is 0 Å². The first-order valence-electron chi connectivity index (χ1n) is 7.08. The van der Waals surface area contributed by atoms with Crippen molar-refractivity contribution in [2.75, 3.05) is 36.6 Å². The van der Waals surface area contributed by atoms with E-state index in [-0.39, 0.29) is 17.6 Å². The molecular weight excluding hydrogens is 319 g/mol. The van der Waals surface area contributed by atoms with Gasteiger partial charge in [-0.05, 0) is 24.6 Å². The Morgan fingerprint density at radius 3 is 2.88 bits per heavy atom. The molecule has 0 fully saturated rings. The van der Waals surface area contributed by atoms with E-state index >= 15 is 0 Å². The molecule has 2 rings (SSSR count). The van der Waals surface area contributed by atoms with Gasteiger partial charge in [0.2, 0.25) is 17.6 Å². The minimum absolute atomic E-state index is 0.118. The molecule has 24 heavy (non-hydrogen) atoms. The van der Waals surface area contributed by atoms with Crippen LogP contribution in [0.25, 0.3) is 0 Å². The van der Waals surface area contributed by atoms with Crippen molar-refractivity contribution < 1.29 is 14.1 Å². The van der Waals surface area contributed by atoms with Crippen molar-refractivity contribution in [2.45, 2.75) is 6.42 Å². The normalized spacial score (nSPS) is 10.4. The highest BCUT2D eigenvalue weighted by molar-refractivity contribution is 5.74. The third-order valence-electron chi connectivity index (χ3n) is 2.99. The van der Waals surface area contributed by atoms with Crippen molar-refractivity contribution in [2.24, 2.45) is 0 Å². The second-order valence-corrected chi connectivity index (χ2v) is 4.80. The first-order chi connectivity index (χ1) is 11.5. The van der Waals surface area contributed by atoms with E-state index in [0.29, 0.717) is 25.3 Å². The minimum Gasteiger partial charge on any atom is -0.385 e. The summed E-state index contributed by atoms with van der Waals surface area (Å²) in [6, 6.07) is 5.47. The minimum atomic E-state index is -0.689. The molecule has 1 aromatic carbocycles. The number of hydrogen-bond acceptors (Lipinski definition) is 8. The van der Waals surface area contributed by atoms with Crippen LogP contribution in [0.15, 0.2) is 24.3 Å². The van der Waals surface area contributed by atoms with Crippen molar-refractivity contribution >= 4 is 29.0 Å². The van der Waals surface area contributed by atoms with Gasteiger partial charge >= 0.3 is 5.69 Å². The van der Waals surface area contributed by atoms with Crippen molar-refractivity contribution in [1.82, 2.24) is 9.97 Å². The summed E-state index contributed by atoms with van der Waals surface area (Å²) >= 11 is 0. The number of nitrogens with one attached hydrogen (secondary N) is 2. The summed E-state index contributed by atoms with van der Waals surface area (Å²) in [6.45, 7) is 1.05. The van der Waals surface area contributed by atoms with Crippen LogP contribution in [0, 0.1) is 15.9 Å². The van der Waals surface area contributed by atoms with Crippen LogP contribution in [0.3, 0.4) is 0 Å². The molecule has 0 aliphatic rings. The van der Waals surface area contributed by atoms with Gasteiger partial charge < -0.3 is 21.1 Å². The Morgan fingerprint density at radius 2 is 2.21 bits per heavy atom. The molecule has 0 unspecified atom stereocenters. The Hall–Kier alpha value is -3.01. The summed E-state index contributed by atoms with van der Waals surface area (Å²) in [5.74, 6) is -0.758. The lowest BCUT2D eigenvalue weighted by molar-refractivity contribution is -0.383. The van der Waals surface area contributed by atoms with Crippen LogP contribution >= 0.6 is 0 Å². The van der Waals surface area contributed by atoms with Crippen molar-refractivity contribution in [1.29, 1.82) is 0 Å². The van der Waals surface area contributed by atoms with E-state index in [1.54, 1.807) is 13.2 Å². The molecule has 2 aromatic rings. The maximum Gasteiger partial charge on any atom is 0.353 e. The lowest BCUT2D eigenvalue weighted by atomic mass is 10.3. The average Bonchev–Trinajstić information content (AvgIpc) is 2.51. The number of methoxy groups -OCH3 is 1. The molecule has 0 atom stereocenters. The van der Waals surface area contributed by atoms with Crippen LogP contribution in [0.2, 0.25) is 0 Å². The smallest absolute Gasteiger partial charge is 0.353 e. The SMILES string of the molecule is COCCCNc1nc(N)c([N+](=O)[O-])c(Nc2cccc(F)c2)n1. The van der Waals surface area contributed by atoms with E-state index in [9.17, 15) is 14.5 Å². The molecule has 0 aliphatic carbocycles. The summed E-state index contributed by atoms with van der Waals surface area (Å²) in [4.78, 5) is 18.4. The Balaban J connectivity index is 2.28. The largest absolute Gasteiger partial charge is 0.385 e. The summed E-state index contributed by atoms with van der Waals surface area (Å²) in [6.07, 6.45) is 0.698. The first kappa shape index (κ1) is 17.3. The Kier molecular flexibility index (Phi) is 5.79. The summed E-state index contributed by atoms with van der Waals surface area (Å²) in [5, 5.41) is 16.8. The van der Waals surface area contributed by atoms with Gasteiger partial charge in [0, 0.05) is 25.9 Å². The topological polar surface area (TPSA) is 128 Å². The monoisotopic (exact) mass is 336 g/mol. The number of benzene rings is 1. The molecule has 0 bridgehead atoms. The molecule has 0 radical (unpaired) electrons. The summed E-state index contributed by atoms with van der Waals surface area (Å²) in [7, 11) is 1.58. The average molecular weight is 336 g/mol. The number of anilines is 4. The van der Waals surface area contributed by atoms with E-state index in [4.69, 9.17) is 10.5 Å². The van der Waals surface area contributed by atoms with E-state index in [0.717, 1.165) is 0 Å². The van der Waals surface area contributed by atoms with Gasteiger partial charge in [0.15, 0.2) is 0 Å². The molecule has 1 heterocycles. The number of nitrogens with zero attached hydrogens (tertiary/aromatic N) is 3. The first-order valence-corrected chi connectivity index (χ1v) is 7.08. The summed E-state index contributed by atoms with van der Waals surface area (Å²) in [5.41, 5.74) is 5.50. The highest BCUT2D eigenvalue weighted by Crippen LogP contribution is 2.31. The number of hydrogen-bond donors (Lipinski definition) is 3. The number of nitrogens with two attached hydrogens (primary N) is 1. The molecular formula is C14H17FN6O3. The molecule has 0 aliphatic heterocycles. The standard InChI is InChI=1S/C14H17FN6O3/c1-24-7-3-6-17-14-19-12(16)11(21(22)23)13(20-14)18-10-5-2-4-9(15)8-10/h2,4-5,8H,3,6-7H2,1H3,(H4,16,17,18,19,20). The van der Waals surface area contributed by atoms with Crippen LogP contribution in [0.5, 0.6) is 0 Å². The predicted molar refractivity (Wildman–Crippen MR) is 87.8 cm³/mol. The third kappa shape index (κ3) is 4.49. The highest BCUT2D eigenvalue weighted by Gasteiger charge is 2.23.